The number of ether oxygens (including phenoxy) is 1. The second kappa shape index (κ2) is 8.49. The van der Waals surface area contributed by atoms with E-state index < -0.39 is 11.4 Å². The van der Waals surface area contributed by atoms with Crippen LogP contribution in [0.4, 0.5) is 10.1 Å². The van der Waals surface area contributed by atoms with Crippen molar-refractivity contribution in [1.29, 1.82) is 0 Å². The summed E-state index contributed by atoms with van der Waals surface area (Å²) in [6.07, 6.45) is 0.323. The molecule has 2 unspecified atom stereocenters. The fraction of sp³-hybridized carbons (Fsp3) is 0.500. The van der Waals surface area contributed by atoms with Crippen molar-refractivity contribution >= 4 is 5.69 Å². The monoisotopic (exact) mass is 410 g/mol. The topological polar surface area (TPSA) is 16.8 Å². The molecule has 2 aromatic rings. The summed E-state index contributed by atoms with van der Waals surface area (Å²) in [5.74, 6) is -0.423. The summed E-state index contributed by atoms with van der Waals surface area (Å²) >= 11 is 0. The smallest absolute Gasteiger partial charge is 0.190 e. The van der Waals surface area contributed by atoms with Gasteiger partial charge in [0.15, 0.2) is 5.69 Å². The van der Waals surface area contributed by atoms with E-state index in [4.69, 9.17) is 14.1 Å². The maximum Gasteiger partial charge on any atom is 0.190 e. The summed E-state index contributed by atoms with van der Waals surface area (Å²) in [6, 6.07) is 3.39. The molecule has 1 heterocycles. The lowest BCUT2D eigenvalue weighted by molar-refractivity contribution is -0.0562. The minimum Gasteiger partial charge on any atom is -0.358 e. The summed E-state index contributed by atoms with van der Waals surface area (Å²) in [5, 5.41) is 0. The van der Waals surface area contributed by atoms with Gasteiger partial charge in [0.05, 0.1) is 15.4 Å². The van der Waals surface area contributed by atoms with Crippen LogP contribution in [0, 0.1) is 39.1 Å². The van der Waals surface area contributed by atoms with Crippen molar-refractivity contribution in [1.82, 2.24) is 4.90 Å². The zero-order valence-corrected chi connectivity index (χ0v) is 19.1. The molecule has 1 aliphatic heterocycles. The standard InChI is InChI=1S/C26H33FN2O/c1-9-29(8)15-16(2)14-26(22-10-11-24(27)19(5)18(22)4)23-12-17(3)25(28-7)13-21(23)20(6)30-26/h10-13,16,20H,9,14-15H2,1-6,8H3/t16?,20?,26-/m0/s1/i10D,11D. The molecule has 0 bridgehead atoms. The van der Waals surface area contributed by atoms with E-state index in [1.54, 1.807) is 6.92 Å². The van der Waals surface area contributed by atoms with E-state index in [9.17, 15) is 4.39 Å². The highest BCUT2D eigenvalue weighted by Crippen LogP contribution is 2.53. The second-order valence-corrected chi connectivity index (χ2v) is 8.78. The van der Waals surface area contributed by atoms with Gasteiger partial charge in [-0.1, -0.05) is 32.0 Å². The van der Waals surface area contributed by atoms with Crippen LogP contribution in [0.1, 0.15) is 69.4 Å². The van der Waals surface area contributed by atoms with E-state index in [-0.39, 0.29) is 24.1 Å². The van der Waals surface area contributed by atoms with Crippen LogP contribution in [0.15, 0.2) is 24.2 Å². The van der Waals surface area contributed by atoms with Crippen molar-refractivity contribution < 1.29 is 11.9 Å². The predicted molar refractivity (Wildman–Crippen MR) is 121 cm³/mol. The molecule has 0 aromatic heterocycles. The number of hydrogen-bond donors (Lipinski definition) is 0. The third kappa shape index (κ3) is 3.77. The van der Waals surface area contributed by atoms with Crippen LogP contribution in [0.25, 0.3) is 4.85 Å². The highest BCUT2D eigenvalue weighted by atomic mass is 19.1. The third-order valence-corrected chi connectivity index (χ3v) is 6.51. The molecule has 3 atom stereocenters. The first kappa shape index (κ1) is 19.7. The van der Waals surface area contributed by atoms with Gasteiger partial charge in [0.2, 0.25) is 0 Å². The predicted octanol–water partition coefficient (Wildman–Crippen LogP) is 6.61. The van der Waals surface area contributed by atoms with Gasteiger partial charge < -0.3 is 9.64 Å². The van der Waals surface area contributed by atoms with Crippen LogP contribution in [-0.2, 0) is 10.3 Å². The van der Waals surface area contributed by atoms with Crippen LogP contribution in [0.3, 0.4) is 0 Å². The fourth-order valence-corrected chi connectivity index (χ4v) is 4.68. The molecule has 3 rings (SSSR count). The van der Waals surface area contributed by atoms with Gasteiger partial charge in [-0.2, -0.15) is 0 Å². The van der Waals surface area contributed by atoms with Gasteiger partial charge >= 0.3 is 0 Å². The molecule has 4 heteroatoms. The molecule has 0 aliphatic carbocycles. The zero-order chi connectivity index (χ0) is 24.0. The third-order valence-electron chi connectivity index (χ3n) is 6.51. The first-order chi connectivity index (χ1) is 15.0. The van der Waals surface area contributed by atoms with Gasteiger partial charge in [0, 0.05) is 6.54 Å². The number of nitrogens with zero attached hydrogens (tertiary/aromatic N) is 2. The van der Waals surface area contributed by atoms with Gasteiger partial charge in [-0.15, -0.1) is 0 Å². The molecule has 0 fully saturated rings. The van der Waals surface area contributed by atoms with Crippen LogP contribution < -0.4 is 0 Å². The number of hydrogen-bond acceptors (Lipinski definition) is 2. The lowest BCUT2D eigenvalue weighted by atomic mass is 9.76. The highest BCUT2D eigenvalue weighted by molar-refractivity contribution is 5.61. The maximum absolute atomic E-state index is 14.7. The largest absolute Gasteiger partial charge is 0.358 e. The minimum absolute atomic E-state index is 0.117. The van der Waals surface area contributed by atoms with Crippen molar-refractivity contribution in [2.45, 2.75) is 59.7 Å². The number of halogens is 1. The molecule has 30 heavy (non-hydrogen) atoms. The van der Waals surface area contributed by atoms with E-state index in [1.165, 1.54) is 0 Å². The second-order valence-electron chi connectivity index (χ2n) is 8.78. The summed E-state index contributed by atoms with van der Waals surface area (Å²) in [7, 11) is 2.08. The lowest BCUT2D eigenvalue weighted by Crippen LogP contribution is -2.34. The molecule has 0 saturated heterocycles. The summed E-state index contributed by atoms with van der Waals surface area (Å²) in [6.45, 7) is 20.9. The molecule has 0 saturated carbocycles. The van der Waals surface area contributed by atoms with Gasteiger partial charge in [-0.05, 0) is 93.0 Å². The Morgan fingerprint density at radius 2 is 1.97 bits per heavy atom. The first-order valence-electron chi connectivity index (χ1n) is 11.6. The quantitative estimate of drug-likeness (QED) is 0.498. The number of aryl methyl sites for hydroxylation is 1. The average Bonchev–Trinajstić information content (AvgIpc) is 3.00. The SMILES string of the molecule is [2H]c1c([2H])c([C@]2(CC(C)CN(C)CC)OC(C)c3cc([N+]#[C-])c(C)cc32)c(C)c(C)c1F. The van der Waals surface area contributed by atoms with Crippen LogP contribution in [0.5, 0.6) is 0 Å². The summed E-state index contributed by atoms with van der Waals surface area (Å²) in [4.78, 5) is 5.90. The molecule has 0 N–H and O–H groups in total. The van der Waals surface area contributed by atoms with Crippen molar-refractivity contribution in [3.05, 3.63) is 74.8 Å². The van der Waals surface area contributed by atoms with E-state index in [0.29, 0.717) is 28.8 Å². The molecular weight excluding hydrogens is 375 g/mol. The molecule has 2 aromatic carbocycles. The van der Waals surface area contributed by atoms with E-state index >= 15 is 0 Å². The molecule has 3 nitrogen and oxygen atoms in total. The summed E-state index contributed by atoms with van der Waals surface area (Å²) in [5.41, 5.74) is 3.97. The van der Waals surface area contributed by atoms with Crippen molar-refractivity contribution in [2.24, 2.45) is 5.92 Å². The molecular formula is C26H33FN2O. The van der Waals surface area contributed by atoms with Gasteiger partial charge in [-0.25, -0.2) is 9.24 Å². The molecule has 0 radical (unpaired) electrons. The zero-order valence-electron chi connectivity index (χ0n) is 21.1. The van der Waals surface area contributed by atoms with Crippen LogP contribution in [-0.4, -0.2) is 25.0 Å². The molecule has 0 spiro atoms. The Bertz CT molecular complexity index is 1070. The van der Waals surface area contributed by atoms with Gasteiger partial charge in [0.1, 0.15) is 11.4 Å². The lowest BCUT2D eigenvalue weighted by Gasteiger charge is -2.36. The van der Waals surface area contributed by atoms with Crippen LogP contribution >= 0.6 is 0 Å². The Kier molecular flexibility index (Phi) is 5.58. The molecule has 1 aliphatic rings. The number of benzene rings is 2. The number of rotatable bonds is 6. The van der Waals surface area contributed by atoms with E-state index in [0.717, 1.165) is 29.8 Å². The Morgan fingerprint density at radius 1 is 1.27 bits per heavy atom. The van der Waals surface area contributed by atoms with Gasteiger partial charge in [0.25, 0.3) is 0 Å². The van der Waals surface area contributed by atoms with Gasteiger partial charge in [-0.3, -0.25) is 0 Å². The van der Waals surface area contributed by atoms with Crippen molar-refractivity contribution in [2.75, 3.05) is 20.1 Å². The fourth-order valence-electron chi connectivity index (χ4n) is 4.68. The maximum atomic E-state index is 14.7. The average molecular weight is 411 g/mol. The summed E-state index contributed by atoms with van der Waals surface area (Å²) < 4.78 is 38.4. The Balaban J connectivity index is 2.33. The molecule has 160 valence electrons. The number of fused-ring (bicyclic) bond motifs is 1. The van der Waals surface area contributed by atoms with E-state index in [2.05, 4.69) is 30.6 Å². The van der Waals surface area contributed by atoms with Crippen LogP contribution in [0.2, 0.25) is 0 Å². The molecule has 0 amide bonds. The minimum atomic E-state index is -0.969. The van der Waals surface area contributed by atoms with E-state index in [1.807, 2.05) is 32.9 Å². The normalized spacial score (nSPS) is 22.5. The highest BCUT2D eigenvalue weighted by Gasteiger charge is 2.47. The Hall–Kier alpha value is -2.22. The van der Waals surface area contributed by atoms with Crippen molar-refractivity contribution in [3.8, 4) is 0 Å². The Morgan fingerprint density at radius 3 is 2.60 bits per heavy atom. The first-order valence-corrected chi connectivity index (χ1v) is 10.6. The Labute approximate surface area is 183 Å². The van der Waals surface area contributed by atoms with Crippen molar-refractivity contribution in [3.63, 3.8) is 0 Å².